The van der Waals surface area contributed by atoms with E-state index in [0.29, 0.717) is 5.75 Å². The van der Waals surface area contributed by atoms with Gasteiger partial charge in [-0.25, -0.2) is 0 Å². The topological polar surface area (TPSA) is 67.2 Å². The van der Waals surface area contributed by atoms with Crippen LogP contribution in [0.4, 0.5) is 0 Å². The molecule has 1 saturated carbocycles. The second-order valence-corrected chi connectivity index (χ2v) is 9.18. The molecule has 1 saturated heterocycles. The van der Waals surface area contributed by atoms with Crippen molar-refractivity contribution in [3.63, 3.8) is 0 Å². The average Bonchev–Trinajstić information content (AvgIpc) is 2.99. The first-order chi connectivity index (χ1) is 11.6. The van der Waals surface area contributed by atoms with Gasteiger partial charge in [0.05, 0.1) is 17.9 Å². The van der Waals surface area contributed by atoms with Crippen LogP contribution in [0.25, 0.3) is 0 Å². The van der Waals surface area contributed by atoms with Gasteiger partial charge in [-0.1, -0.05) is 58.0 Å². The van der Waals surface area contributed by atoms with Gasteiger partial charge < -0.3 is 4.74 Å². The van der Waals surface area contributed by atoms with Crippen LogP contribution in [0.2, 0.25) is 0 Å². The lowest BCUT2D eigenvalue weighted by atomic mass is 9.37. The standard InChI is InChI=1S/C20H23NO3S/c1-17(2)15(22)18(3,4)20(17)19(12-21,16(23)24-5)14(11-25-20)13-9-7-6-8-10-13/h6-10,14H,11H2,1-5H3. The number of carbonyl (C=O) groups excluding carboxylic acids is 2. The van der Waals surface area contributed by atoms with Gasteiger partial charge in [-0.2, -0.15) is 17.0 Å². The molecule has 5 heteroatoms. The first-order valence-electron chi connectivity index (χ1n) is 8.38. The Kier molecular flexibility index (Phi) is 3.85. The van der Waals surface area contributed by atoms with Crippen LogP contribution >= 0.6 is 11.8 Å². The molecule has 2 unspecified atom stereocenters. The van der Waals surface area contributed by atoms with Gasteiger partial charge in [-0.3, -0.25) is 9.59 Å². The molecule has 132 valence electrons. The summed E-state index contributed by atoms with van der Waals surface area (Å²) in [6.45, 7) is 7.43. The van der Waals surface area contributed by atoms with Crippen molar-refractivity contribution >= 4 is 23.5 Å². The van der Waals surface area contributed by atoms with Crippen molar-refractivity contribution in [1.82, 2.24) is 0 Å². The fraction of sp³-hybridized carbons (Fsp3) is 0.550. The SMILES string of the molecule is COC(=O)C1(C#N)C(c2ccccc2)CSC12C(C)(C)C(=O)C2(C)C. The zero-order chi connectivity index (χ0) is 18.7. The number of methoxy groups -OCH3 is 1. The second-order valence-electron chi connectivity index (χ2n) is 7.95. The summed E-state index contributed by atoms with van der Waals surface area (Å²) in [5.41, 5.74) is -2.04. The van der Waals surface area contributed by atoms with E-state index in [0.717, 1.165) is 5.56 Å². The van der Waals surface area contributed by atoms with E-state index < -0.39 is 27.0 Å². The fourth-order valence-corrected chi connectivity index (χ4v) is 7.80. The molecular weight excluding hydrogens is 334 g/mol. The molecule has 0 amide bonds. The first-order valence-corrected chi connectivity index (χ1v) is 9.37. The molecule has 1 aromatic carbocycles. The number of hydrogen-bond acceptors (Lipinski definition) is 5. The predicted octanol–water partition coefficient (Wildman–Crippen LogP) is 3.57. The molecule has 1 heterocycles. The van der Waals surface area contributed by atoms with Gasteiger partial charge in [0.15, 0.2) is 5.41 Å². The van der Waals surface area contributed by atoms with Crippen molar-refractivity contribution in [1.29, 1.82) is 5.26 Å². The Morgan fingerprint density at radius 2 is 1.76 bits per heavy atom. The van der Waals surface area contributed by atoms with Crippen LogP contribution in [0.1, 0.15) is 39.2 Å². The molecule has 2 atom stereocenters. The Labute approximate surface area is 152 Å². The minimum Gasteiger partial charge on any atom is -0.468 e. The van der Waals surface area contributed by atoms with Crippen LogP contribution in [-0.2, 0) is 14.3 Å². The maximum absolute atomic E-state index is 13.1. The third-order valence-corrected chi connectivity index (χ3v) is 8.60. The monoisotopic (exact) mass is 357 g/mol. The molecule has 0 aromatic heterocycles. The summed E-state index contributed by atoms with van der Waals surface area (Å²) < 4.78 is 4.32. The van der Waals surface area contributed by atoms with E-state index in [1.54, 1.807) is 11.8 Å². The number of benzene rings is 1. The van der Waals surface area contributed by atoms with Crippen molar-refractivity contribution in [3.8, 4) is 6.07 Å². The van der Waals surface area contributed by atoms with E-state index in [4.69, 9.17) is 4.74 Å². The number of ketones is 1. The highest BCUT2D eigenvalue weighted by Gasteiger charge is 2.86. The first kappa shape index (κ1) is 18.0. The molecule has 0 radical (unpaired) electrons. The van der Waals surface area contributed by atoms with Crippen LogP contribution in [-0.4, -0.2) is 29.4 Å². The molecule has 1 aliphatic heterocycles. The maximum Gasteiger partial charge on any atom is 0.328 e. The van der Waals surface area contributed by atoms with E-state index in [1.807, 2.05) is 58.0 Å². The molecule has 1 aromatic rings. The lowest BCUT2D eigenvalue weighted by Gasteiger charge is -2.67. The normalized spacial score (nSPS) is 31.2. The molecule has 1 aliphatic carbocycles. The third kappa shape index (κ3) is 1.74. The van der Waals surface area contributed by atoms with Gasteiger partial charge in [0.1, 0.15) is 5.78 Å². The number of Topliss-reactive ketones (excluding diaryl/α,β-unsaturated/α-hetero) is 1. The number of nitrogens with zero attached hydrogens (tertiary/aromatic N) is 1. The summed E-state index contributed by atoms with van der Waals surface area (Å²) in [6.07, 6.45) is 0. The lowest BCUT2D eigenvalue weighted by Crippen LogP contribution is -2.78. The second kappa shape index (κ2) is 5.35. The quantitative estimate of drug-likeness (QED) is 0.757. The van der Waals surface area contributed by atoms with Crippen molar-refractivity contribution < 1.29 is 14.3 Å². The Morgan fingerprint density at radius 1 is 1.20 bits per heavy atom. The zero-order valence-electron chi connectivity index (χ0n) is 15.3. The van der Waals surface area contributed by atoms with E-state index in [9.17, 15) is 14.9 Å². The zero-order valence-corrected chi connectivity index (χ0v) is 16.1. The fourth-order valence-electron chi connectivity index (χ4n) is 5.54. The highest BCUT2D eigenvalue weighted by molar-refractivity contribution is 8.01. The minimum absolute atomic E-state index is 0.0877. The highest BCUT2D eigenvalue weighted by atomic mass is 32.2. The summed E-state index contributed by atoms with van der Waals surface area (Å²) in [5.74, 6) is -0.164. The number of rotatable bonds is 2. The van der Waals surface area contributed by atoms with Crippen LogP contribution in [0.15, 0.2) is 30.3 Å². The van der Waals surface area contributed by atoms with Gasteiger partial charge in [0, 0.05) is 22.5 Å². The predicted molar refractivity (Wildman–Crippen MR) is 97.0 cm³/mol. The van der Waals surface area contributed by atoms with Gasteiger partial charge in [-0.15, -0.1) is 0 Å². The number of ether oxygens (including phenoxy) is 1. The van der Waals surface area contributed by atoms with Crippen LogP contribution in [0, 0.1) is 27.6 Å². The van der Waals surface area contributed by atoms with Gasteiger partial charge >= 0.3 is 5.97 Å². The highest BCUT2D eigenvalue weighted by Crippen LogP contribution is 2.78. The Bertz CT molecular complexity index is 760. The molecule has 4 nitrogen and oxygen atoms in total. The van der Waals surface area contributed by atoms with E-state index >= 15 is 0 Å². The number of hydrogen-bond donors (Lipinski definition) is 0. The van der Waals surface area contributed by atoms with Crippen molar-refractivity contribution in [2.24, 2.45) is 16.2 Å². The van der Waals surface area contributed by atoms with Crippen LogP contribution < -0.4 is 0 Å². The lowest BCUT2D eigenvalue weighted by molar-refractivity contribution is -0.179. The Morgan fingerprint density at radius 3 is 2.24 bits per heavy atom. The van der Waals surface area contributed by atoms with Gasteiger partial charge in [-0.05, 0) is 5.56 Å². The molecule has 2 fully saturated rings. The minimum atomic E-state index is -1.41. The van der Waals surface area contributed by atoms with E-state index in [2.05, 4.69) is 6.07 Å². The number of esters is 1. The summed E-state index contributed by atoms with van der Waals surface area (Å²) >= 11 is 1.58. The van der Waals surface area contributed by atoms with Crippen LogP contribution in [0.3, 0.4) is 0 Å². The third-order valence-electron chi connectivity index (χ3n) is 6.33. The molecular formula is C20H23NO3S. The Hall–Kier alpha value is -1.80. The maximum atomic E-state index is 13.1. The molecule has 0 N–H and O–H groups in total. The van der Waals surface area contributed by atoms with Crippen molar-refractivity contribution in [2.45, 2.75) is 38.4 Å². The summed E-state index contributed by atoms with van der Waals surface area (Å²) in [7, 11) is 1.32. The van der Waals surface area contributed by atoms with Crippen molar-refractivity contribution in [3.05, 3.63) is 35.9 Å². The molecule has 3 rings (SSSR count). The van der Waals surface area contributed by atoms with E-state index in [-0.39, 0.29) is 11.7 Å². The number of carbonyl (C=O) groups is 2. The van der Waals surface area contributed by atoms with Gasteiger partial charge in [0.25, 0.3) is 0 Å². The number of nitriles is 1. The summed E-state index contributed by atoms with van der Waals surface area (Å²) in [4.78, 5) is 25.9. The average molecular weight is 357 g/mol. The Balaban J connectivity index is 2.31. The molecule has 1 spiro atoms. The molecule has 0 bridgehead atoms. The van der Waals surface area contributed by atoms with Gasteiger partial charge in [0.2, 0.25) is 0 Å². The van der Waals surface area contributed by atoms with E-state index in [1.165, 1.54) is 7.11 Å². The largest absolute Gasteiger partial charge is 0.468 e. The number of thioether (sulfide) groups is 1. The molecule has 25 heavy (non-hydrogen) atoms. The summed E-state index contributed by atoms with van der Waals surface area (Å²) in [6, 6.07) is 12.0. The van der Waals surface area contributed by atoms with Crippen LogP contribution in [0.5, 0.6) is 0 Å². The summed E-state index contributed by atoms with van der Waals surface area (Å²) in [5, 5.41) is 10.3. The smallest absolute Gasteiger partial charge is 0.328 e. The molecule has 2 aliphatic rings. The van der Waals surface area contributed by atoms with Crippen molar-refractivity contribution in [2.75, 3.05) is 12.9 Å².